The minimum atomic E-state index is 0.531. The van der Waals surface area contributed by atoms with Gasteiger partial charge in [0.05, 0.1) is 0 Å². The summed E-state index contributed by atoms with van der Waals surface area (Å²) in [4.78, 5) is 2.54. The van der Waals surface area contributed by atoms with Crippen molar-refractivity contribution in [3.05, 3.63) is 28.8 Å². The maximum atomic E-state index is 6.07. The van der Waals surface area contributed by atoms with Crippen LogP contribution in [-0.2, 0) is 5.88 Å². The van der Waals surface area contributed by atoms with Crippen LogP contribution in [0.1, 0.15) is 44.6 Å². The number of anilines is 1. The van der Waals surface area contributed by atoms with E-state index in [-0.39, 0.29) is 0 Å². The molecule has 1 aliphatic heterocycles. The molecule has 0 amide bonds. The summed E-state index contributed by atoms with van der Waals surface area (Å²) in [6.07, 6.45) is 6.46. The molecule has 0 saturated carbocycles. The summed E-state index contributed by atoms with van der Waals surface area (Å²) in [7, 11) is 0. The van der Waals surface area contributed by atoms with E-state index in [4.69, 9.17) is 23.2 Å². The highest BCUT2D eigenvalue weighted by Gasteiger charge is 2.21. The summed E-state index contributed by atoms with van der Waals surface area (Å²) in [5, 5.41) is 0.775. The zero-order valence-corrected chi connectivity index (χ0v) is 12.5. The predicted octanol–water partition coefficient (Wildman–Crippen LogP) is 5.24. The average Bonchev–Trinajstić information content (AvgIpc) is 2.63. The zero-order valence-electron chi connectivity index (χ0n) is 11.0. The molecule has 100 valence electrons. The Bertz CT molecular complexity index is 392. The van der Waals surface area contributed by atoms with Gasteiger partial charge in [-0.2, -0.15) is 0 Å². The third-order valence-electron chi connectivity index (χ3n) is 3.84. The van der Waals surface area contributed by atoms with Crippen molar-refractivity contribution >= 4 is 28.9 Å². The monoisotopic (exact) mass is 285 g/mol. The number of rotatable bonds is 3. The molecule has 1 saturated heterocycles. The first-order valence-corrected chi connectivity index (χ1v) is 7.78. The van der Waals surface area contributed by atoms with Crippen LogP contribution in [0.4, 0.5) is 5.69 Å². The molecule has 0 aromatic heterocycles. The maximum Gasteiger partial charge on any atom is 0.0495 e. The van der Waals surface area contributed by atoms with Gasteiger partial charge in [0.2, 0.25) is 0 Å². The summed E-state index contributed by atoms with van der Waals surface area (Å²) in [5.41, 5.74) is 2.44. The molecule has 1 unspecified atom stereocenters. The van der Waals surface area contributed by atoms with Gasteiger partial charge < -0.3 is 4.90 Å². The van der Waals surface area contributed by atoms with Gasteiger partial charge in [-0.05, 0) is 43.0 Å². The van der Waals surface area contributed by atoms with Crippen LogP contribution >= 0.6 is 23.2 Å². The summed E-state index contributed by atoms with van der Waals surface area (Å²) in [6, 6.07) is 6.76. The van der Waals surface area contributed by atoms with Gasteiger partial charge in [0.15, 0.2) is 0 Å². The van der Waals surface area contributed by atoms with Crippen molar-refractivity contribution in [1.29, 1.82) is 0 Å². The second-order valence-corrected chi connectivity index (χ2v) is 5.72. The van der Waals surface area contributed by atoms with E-state index in [1.807, 2.05) is 12.1 Å². The Kier molecular flexibility index (Phi) is 5.20. The summed E-state index contributed by atoms with van der Waals surface area (Å²) < 4.78 is 0. The van der Waals surface area contributed by atoms with E-state index in [0.29, 0.717) is 11.9 Å². The number of benzene rings is 1. The average molecular weight is 286 g/mol. The summed E-state index contributed by atoms with van der Waals surface area (Å²) in [5.74, 6) is 0.531. The van der Waals surface area contributed by atoms with Crippen LogP contribution in [0.2, 0.25) is 5.02 Å². The molecular weight excluding hydrogens is 265 g/mol. The van der Waals surface area contributed by atoms with Crippen LogP contribution in [0.3, 0.4) is 0 Å². The summed E-state index contributed by atoms with van der Waals surface area (Å²) in [6.45, 7) is 3.42. The quantitative estimate of drug-likeness (QED) is 0.687. The molecule has 0 spiro atoms. The SMILES string of the molecule is CCC1CCCCCN1c1ccc(Cl)cc1CCl. The highest BCUT2D eigenvalue weighted by molar-refractivity contribution is 6.30. The largest absolute Gasteiger partial charge is 0.368 e. The number of nitrogens with zero attached hydrogens (tertiary/aromatic N) is 1. The Morgan fingerprint density at radius 2 is 2.11 bits per heavy atom. The first kappa shape index (κ1) is 14.0. The molecule has 1 heterocycles. The molecule has 1 aromatic carbocycles. The topological polar surface area (TPSA) is 3.24 Å². The van der Waals surface area contributed by atoms with Crippen LogP contribution in [0.25, 0.3) is 0 Å². The normalized spacial score (nSPS) is 20.8. The third kappa shape index (κ3) is 3.13. The molecule has 1 nitrogen and oxygen atoms in total. The van der Waals surface area contributed by atoms with Crippen LogP contribution in [0.15, 0.2) is 18.2 Å². The molecule has 1 aromatic rings. The van der Waals surface area contributed by atoms with Crippen LogP contribution in [0, 0.1) is 0 Å². The molecule has 1 atom stereocenters. The van der Waals surface area contributed by atoms with E-state index in [1.165, 1.54) is 37.8 Å². The number of hydrogen-bond donors (Lipinski definition) is 0. The van der Waals surface area contributed by atoms with E-state index < -0.39 is 0 Å². The molecule has 0 aliphatic carbocycles. The van der Waals surface area contributed by atoms with Gasteiger partial charge in [0.25, 0.3) is 0 Å². The molecular formula is C15H21Cl2N. The zero-order chi connectivity index (χ0) is 13.0. The molecule has 18 heavy (non-hydrogen) atoms. The Labute approximate surface area is 120 Å². The van der Waals surface area contributed by atoms with Gasteiger partial charge in [-0.25, -0.2) is 0 Å². The number of alkyl halides is 1. The Morgan fingerprint density at radius 1 is 1.28 bits per heavy atom. The smallest absolute Gasteiger partial charge is 0.0495 e. The van der Waals surface area contributed by atoms with Crippen molar-refractivity contribution < 1.29 is 0 Å². The fourth-order valence-corrected chi connectivity index (χ4v) is 3.27. The van der Waals surface area contributed by atoms with Crippen molar-refractivity contribution in [3.63, 3.8) is 0 Å². The van der Waals surface area contributed by atoms with Crippen molar-refractivity contribution in [1.82, 2.24) is 0 Å². The first-order valence-electron chi connectivity index (χ1n) is 6.87. The maximum absolute atomic E-state index is 6.07. The molecule has 0 bridgehead atoms. The van der Waals surface area contributed by atoms with E-state index in [2.05, 4.69) is 17.9 Å². The van der Waals surface area contributed by atoms with Crippen molar-refractivity contribution in [2.75, 3.05) is 11.4 Å². The van der Waals surface area contributed by atoms with Gasteiger partial charge in [0.1, 0.15) is 0 Å². The predicted molar refractivity (Wildman–Crippen MR) is 80.9 cm³/mol. The van der Waals surface area contributed by atoms with Gasteiger partial charge in [0, 0.05) is 29.2 Å². The van der Waals surface area contributed by atoms with E-state index >= 15 is 0 Å². The fourth-order valence-electron chi connectivity index (χ4n) is 2.86. The molecule has 0 radical (unpaired) electrons. The highest BCUT2D eigenvalue weighted by atomic mass is 35.5. The van der Waals surface area contributed by atoms with Crippen LogP contribution in [-0.4, -0.2) is 12.6 Å². The Morgan fingerprint density at radius 3 is 2.83 bits per heavy atom. The third-order valence-corrected chi connectivity index (χ3v) is 4.37. The lowest BCUT2D eigenvalue weighted by atomic mass is 10.1. The van der Waals surface area contributed by atoms with Gasteiger partial charge in [-0.15, -0.1) is 11.6 Å². The highest BCUT2D eigenvalue weighted by Crippen LogP contribution is 2.31. The molecule has 2 rings (SSSR count). The van der Waals surface area contributed by atoms with Gasteiger partial charge in [-0.1, -0.05) is 31.4 Å². The van der Waals surface area contributed by atoms with Gasteiger partial charge >= 0.3 is 0 Å². The minimum Gasteiger partial charge on any atom is -0.368 e. The lowest BCUT2D eigenvalue weighted by Gasteiger charge is -2.33. The minimum absolute atomic E-state index is 0.531. The number of halogens is 2. The lowest BCUT2D eigenvalue weighted by molar-refractivity contribution is 0.555. The van der Waals surface area contributed by atoms with E-state index in [0.717, 1.165) is 17.1 Å². The first-order chi connectivity index (χ1) is 8.76. The summed E-state index contributed by atoms with van der Waals surface area (Å²) >= 11 is 12.1. The molecule has 3 heteroatoms. The van der Waals surface area contributed by atoms with Crippen molar-refractivity contribution in [3.8, 4) is 0 Å². The number of hydrogen-bond acceptors (Lipinski definition) is 1. The van der Waals surface area contributed by atoms with Crippen molar-refractivity contribution in [2.24, 2.45) is 0 Å². The lowest BCUT2D eigenvalue weighted by Crippen LogP contribution is -2.35. The molecule has 0 N–H and O–H groups in total. The second-order valence-electron chi connectivity index (χ2n) is 5.01. The molecule has 1 aliphatic rings. The van der Waals surface area contributed by atoms with E-state index in [1.54, 1.807) is 0 Å². The second kappa shape index (κ2) is 6.68. The van der Waals surface area contributed by atoms with E-state index in [9.17, 15) is 0 Å². The Hall–Kier alpha value is -0.400. The fraction of sp³-hybridized carbons (Fsp3) is 0.600. The van der Waals surface area contributed by atoms with Crippen LogP contribution in [0.5, 0.6) is 0 Å². The van der Waals surface area contributed by atoms with Crippen LogP contribution < -0.4 is 4.90 Å². The Balaban J connectivity index is 2.32. The van der Waals surface area contributed by atoms with Crippen molar-refractivity contribution in [2.45, 2.75) is 50.9 Å². The molecule has 1 fully saturated rings. The standard InChI is InChI=1S/C15H21Cl2N/c1-2-14-6-4-3-5-9-18(14)15-8-7-13(17)10-12(15)11-16/h7-8,10,14H,2-6,9,11H2,1H3. The van der Waals surface area contributed by atoms with Gasteiger partial charge in [-0.3, -0.25) is 0 Å².